The summed E-state index contributed by atoms with van der Waals surface area (Å²) in [7, 11) is 0. The van der Waals surface area contributed by atoms with Crippen molar-refractivity contribution in [3.05, 3.63) is 42.5 Å². The number of amides is 1. The number of carbonyl (C=O) groups is 1. The van der Waals surface area contributed by atoms with Crippen LogP contribution in [0.3, 0.4) is 0 Å². The topological polar surface area (TPSA) is 29.1 Å². The molecule has 2 aromatic rings. The first kappa shape index (κ1) is 11.1. The predicted octanol–water partition coefficient (Wildman–Crippen LogP) is 3.56. The zero-order chi connectivity index (χ0) is 11.5. The summed E-state index contributed by atoms with van der Waals surface area (Å²) in [5.41, 5.74) is 0.856. The summed E-state index contributed by atoms with van der Waals surface area (Å²) in [6.45, 7) is 1.81. The molecule has 3 heteroatoms. The maximum atomic E-state index is 11.6. The Hall–Kier alpha value is -1.35. The highest BCUT2D eigenvalue weighted by molar-refractivity contribution is 9.10. The van der Waals surface area contributed by atoms with Crippen LogP contribution in [-0.2, 0) is 4.79 Å². The van der Waals surface area contributed by atoms with Crippen molar-refractivity contribution in [2.75, 3.05) is 5.32 Å². The number of hydrogen-bond acceptors (Lipinski definition) is 1. The summed E-state index contributed by atoms with van der Waals surface area (Å²) in [5.74, 6) is -0.0312. The first-order valence-electron chi connectivity index (χ1n) is 5.11. The molecule has 0 saturated heterocycles. The molecule has 0 aromatic heterocycles. The van der Waals surface area contributed by atoms with Crippen molar-refractivity contribution in [3.63, 3.8) is 0 Å². The number of alkyl halides is 1. The SMILES string of the molecule is CC(Br)C(=O)Nc1cccc2ccccc12. The van der Waals surface area contributed by atoms with E-state index in [9.17, 15) is 4.79 Å². The van der Waals surface area contributed by atoms with E-state index in [1.54, 1.807) is 6.92 Å². The van der Waals surface area contributed by atoms with Crippen LogP contribution in [0.25, 0.3) is 10.8 Å². The molecule has 1 atom stereocenters. The fourth-order valence-electron chi connectivity index (χ4n) is 1.57. The van der Waals surface area contributed by atoms with Gasteiger partial charge in [-0.15, -0.1) is 0 Å². The number of nitrogens with one attached hydrogen (secondary N) is 1. The lowest BCUT2D eigenvalue weighted by Crippen LogP contribution is -2.19. The van der Waals surface area contributed by atoms with Crippen molar-refractivity contribution in [1.29, 1.82) is 0 Å². The Morgan fingerprint density at radius 2 is 1.88 bits per heavy atom. The number of halogens is 1. The number of fused-ring (bicyclic) bond motifs is 1. The first-order chi connectivity index (χ1) is 7.68. The molecule has 1 amide bonds. The van der Waals surface area contributed by atoms with E-state index >= 15 is 0 Å². The maximum absolute atomic E-state index is 11.6. The standard InChI is InChI=1S/C13H12BrNO/c1-9(14)13(16)15-12-8-4-6-10-5-2-3-7-11(10)12/h2-9H,1H3,(H,15,16). The second-order valence-corrected chi connectivity index (χ2v) is 5.01. The highest BCUT2D eigenvalue weighted by atomic mass is 79.9. The molecule has 1 N–H and O–H groups in total. The van der Waals surface area contributed by atoms with Crippen LogP contribution in [0, 0.1) is 0 Å². The molecule has 16 heavy (non-hydrogen) atoms. The van der Waals surface area contributed by atoms with Crippen LogP contribution in [0.5, 0.6) is 0 Å². The number of rotatable bonds is 2. The van der Waals surface area contributed by atoms with Crippen LogP contribution in [0.4, 0.5) is 5.69 Å². The van der Waals surface area contributed by atoms with Gasteiger partial charge in [-0.25, -0.2) is 0 Å². The van der Waals surface area contributed by atoms with E-state index < -0.39 is 0 Å². The van der Waals surface area contributed by atoms with Crippen LogP contribution in [0.15, 0.2) is 42.5 Å². The van der Waals surface area contributed by atoms with Gasteiger partial charge in [0.1, 0.15) is 0 Å². The Kier molecular flexibility index (Phi) is 3.25. The van der Waals surface area contributed by atoms with Gasteiger partial charge in [-0.05, 0) is 18.4 Å². The van der Waals surface area contributed by atoms with Gasteiger partial charge in [0.2, 0.25) is 5.91 Å². The highest BCUT2D eigenvalue weighted by Crippen LogP contribution is 2.23. The summed E-state index contributed by atoms with van der Waals surface area (Å²) >= 11 is 3.25. The first-order valence-corrected chi connectivity index (χ1v) is 6.03. The van der Waals surface area contributed by atoms with Gasteiger partial charge in [0.25, 0.3) is 0 Å². The van der Waals surface area contributed by atoms with Crippen molar-refractivity contribution in [1.82, 2.24) is 0 Å². The number of hydrogen-bond donors (Lipinski definition) is 1. The average Bonchev–Trinajstić information content (AvgIpc) is 2.29. The van der Waals surface area contributed by atoms with E-state index in [4.69, 9.17) is 0 Å². The molecule has 0 aliphatic rings. The molecule has 2 aromatic carbocycles. The maximum Gasteiger partial charge on any atom is 0.237 e. The van der Waals surface area contributed by atoms with Crippen molar-refractivity contribution >= 4 is 38.3 Å². The lowest BCUT2D eigenvalue weighted by Gasteiger charge is -2.09. The zero-order valence-electron chi connectivity index (χ0n) is 8.91. The minimum atomic E-state index is -0.188. The monoisotopic (exact) mass is 277 g/mol. The lowest BCUT2D eigenvalue weighted by atomic mass is 10.1. The molecule has 0 bridgehead atoms. The number of benzene rings is 2. The third-order valence-corrected chi connectivity index (χ3v) is 2.82. The van der Waals surface area contributed by atoms with Gasteiger partial charge in [-0.1, -0.05) is 52.3 Å². The average molecular weight is 278 g/mol. The third kappa shape index (κ3) is 2.25. The van der Waals surface area contributed by atoms with Gasteiger partial charge in [0.05, 0.1) is 4.83 Å². The van der Waals surface area contributed by atoms with Gasteiger partial charge < -0.3 is 5.32 Å². The van der Waals surface area contributed by atoms with Gasteiger partial charge in [0, 0.05) is 11.1 Å². The van der Waals surface area contributed by atoms with Gasteiger partial charge in [-0.2, -0.15) is 0 Å². The summed E-state index contributed by atoms with van der Waals surface area (Å²) in [6.07, 6.45) is 0. The van der Waals surface area contributed by atoms with Crippen molar-refractivity contribution < 1.29 is 4.79 Å². The van der Waals surface area contributed by atoms with Crippen molar-refractivity contribution in [3.8, 4) is 0 Å². The molecule has 0 spiro atoms. The summed E-state index contributed by atoms with van der Waals surface area (Å²) in [4.78, 5) is 11.4. The lowest BCUT2D eigenvalue weighted by molar-refractivity contribution is -0.115. The Labute approximate surface area is 103 Å². The molecule has 82 valence electrons. The quantitative estimate of drug-likeness (QED) is 0.836. The smallest absolute Gasteiger partial charge is 0.237 e. The van der Waals surface area contributed by atoms with E-state index in [1.807, 2.05) is 42.5 Å². The third-order valence-electron chi connectivity index (χ3n) is 2.41. The molecule has 0 fully saturated rings. The van der Waals surface area contributed by atoms with E-state index in [1.165, 1.54) is 0 Å². The molecular weight excluding hydrogens is 266 g/mol. The number of carbonyl (C=O) groups excluding carboxylic acids is 1. The Morgan fingerprint density at radius 3 is 2.62 bits per heavy atom. The van der Waals surface area contributed by atoms with E-state index in [-0.39, 0.29) is 10.7 Å². The van der Waals surface area contributed by atoms with Gasteiger partial charge in [-0.3, -0.25) is 4.79 Å². The van der Waals surface area contributed by atoms with Gasteiger partial charge >= 0.3 is 0 Å². The molecule has 0 heterocycles. The molecule has 0 radical (unpaired) electrons. The normalized spacial score (nSPS) is 12.4. The Balaban J connectivity index is 2.41. The largest absolute Gasteiger partial charge is 0.325 e. The molecule has 0 saturated carbocycles. The van der Waals surface area contributed by atoms with E-state index in [0.717, 1.165) is 16.5 Å². The fraction of sp³-hybridized carbons (Fsp3) is 0.154. The van der Waals surface area contributed by atoms with Gasteiger partial charge in [0.15, 0.2) is 0 Å². The summed E-state index contributed by atoms with van der Waals surface area (Å²) in [6, 6.07) is 13.9. The fourth-order valence-corrected chi connectivity index (χ4v) is 1.68. The molecule has 0 aliphatic heterocycles. The number of anilines is 1. The molecule has 2 rings (SSSR count). The van der Waals surface area contributed by atoms with Crippen LogP contribution >= 0.6 is 15.9 Å². The molecule has 0 aliphatic carbocycles. The molecular formula is C13H12BrNO. The predicted molar refractivity (Wildman–Crippen MR) is 71.0 cm³/mol. The Bertz CT molecular complexity index is 517. The summed E-state index contributed by atoms with van der Waals surface area (Å²) < 4.78 is 0. The van der Waals surface area contributed by atoms with Crippen LogP contribution in [0.2, 0.25) is 0 Å². The van der Waals surface area contributed by atoms with Crippen LogP contribution in [-0.4, -0.2) is 10.7 Å². The highest BCUT2D eigenvalue weighted by Gasteiger charge is 2.09. The minimum absolute atomic E-state index is 0.0312. The van der Waals surface area contributed by atoms with Crippen LogP contribution < -0.4 is 5.32 Å². The second kappa shape index (κ2) is 4.66. The zero-order valence-corrected chi connectivity index (χ0v) is 10.5. The minimum Gasteiger partial charge on any atom is -0.325 e. The van der Waals surface area contributed by atoms with Crippen molar-refractivity contribution in [2.45, 2.75) is 11.8 Å². The van der Waals surface area contributed by atoms with E-state index in [0.29, 0.717) is 0 Å². The van der Waals surface area contributed by atoms with Crippen LogP contribution in [0.1, 0.15) is 6.92 Å². The second-order valence-electron chi connectivity index (χ2n) is 3.63. The molecule has 2 nitrogen and oxygen atoms in total. The van der Waals surface area contributed by atoms with Crippen molar-refractivity contribution in [2.24, 2.45) is 0 Å². The Morgan fingerprint density at radius 1 is 1.19 bits per heavy atom. The molecule has 1 unspecified atom stereocenters. The summed E-state index contributed by atoms with van der Waals surface area (Å²) in [5, 5.41) is 5.09. The van der Waals surface area contributed by atoms with E-state index in [2.05, 4.69) is 21.2 Å².